The quantitative estimate of drug-likeness (QED) is 0.620. The molecular formula is C18H29N4O3+. The highest BCUT2D eigenvalue weighted by Crippen LogP contribution is 2.24. The number of quaternary nitrogens is 1. The van der Waals surface area contributed by atoms with Gasteiger partial charge in [0.1, 0.15) is 5.75 Å². The van der Waals surface area contributed by atoms with Gasteiger partial charge in [-0.2, -0.15) is 0 Å². The van der Waals surface area contributed by atoms with Gasteiger partial charge >= 0.3 is 6.03 Å². The van der Waals surface area contributed by atoms with Crippen LogP contribution in [-0.2, 0) is 4.79 Å². The van der Waals surface area contributed by atoms with Gasteiger partial charge in [0.25, 0.3) is 0 Å². The summed E-state index contributed by atoms with van der Waals surface area (Å²) in [5.41, 5.74) is 0.820. The second-order valence-electron chi connectivity index (χ2n) is 6.21. The highest BCUT2D eigenvalue weighted by atomic mass is 16.5. The van der Waals surface area contributed by atoms with Crippen molar-refractivity contribution in [2.45, 2.75) is 26.3 Å². The summed E-state index contributed by atoms with van der Waals surface area (Å²) in [6.07, 6.45) is 0.320. The molecule has 1 aromatic rings. The van der Waals surface area contributed by atoms with Crippen molar-refractivity contribution >= 4 is 17.6 Å². The highest BCUT2D eigenvalue weighted by molar-refractivity contribution is 5.96. The molecule has 1 fully saturated rings. The van der Waals surface area contributed by atoms with Crippen molar-refractivity contribution in [2.24, 2.45) is 0 Å². The highest BCUT2D eigenvalue weighted by Gasteiger charge is 2.31. The Kier molecular flexibility index (Phi) is 7.06. The van der Waals surface area contributed by atoms with Gasteiger partial charge in [-0.1, -0.05) is 0 Å². The molecule has 3 amide bonds. The maximum absolute atomic E-state index is 12.2. The Labute approximate surface area is 149 Å². The maximum atomic E-state index is 12.2. The molecule has 3 N–H and O–H groups in total. The number of anilines is 1. The van der Waals surface area contributed by atoms with Gasteiger partial charge in [-0.3, -0.25) is 4.79 Å². The zero-order valence-electron chi connectivity index (χ0n) is 15.3. The number of benzene rings is 1. The van der Waals surface area contributed by atoms with Crippen LogP contribution in [0.4, 0.5) is 10.5 Å². The van der Waals surface area contributed by atoms with Gasteiger partial charge < -0.3 is 25.2 Å². The molecule has 1 aliphatic heterocycles. The number of amides is 3. The van der Waals surface area contributed by atoms with E-state index in [-0.39, 0.29) is 18.0 Å². The molecule has 1 saturated heterocycles. The molecule has 1 aliphatic rings. The van der Waals surface area contributed by atoms with Gasteiger partial charge in [-0.15, -0.1) is 0 Å². The summed E-state index contributed by atoms with van der Waals surface area (Å²) in [7, 11) is 1.61. The zero-order chi connectivity index (χ0) is 18.2. The smallest absolute Gasteiger partial charge is 0.315 e. The lowest BCUT2D eigenvalue weighted by atomic mass is 10.2. The first-order valence-corrected chi connectivity index (χ1v) is 8.89. The molecule has 7 nitrogen and oxygen atoms in total. The first-order valence-electron chi connectivity index (χ1n) is 8.89. The van der Waals surface area contributed by atoms with E-state index in [1.807, 2.05) is 24.3 Å². The minimum Gasteiger partial charge on any atom is -0.497 e. The largest absolute Gasteiger partial charge is 0.497 e. The number of likely N-dealkylation sites (N-methyl/N-ethyl adjacent to an activating group) is 1. The number of hydrogen-bond acceptors (Lipinski definition) is 3. The van der Waals surface area contributed by atoms with Crippen LogP contribution in [0.3, 0.4) is 0 Å². The predicted octanol–water partition coefficient (Wildman–Crippen LogP) is 0.0244. The molecule has 1 atom stereocenters. The molecule has 25 heavy (non-hydrogen) atoms. The van der Waals surface area contributed by atoms with Crippen molar-refractivity contribution in [1.82, 2.24) is 10.6 Å². The molecule has 7 heteroatoms. The van der Waals surface area contributed by atoms with E-state index in [9.17, 15) is 9.59 Å². The van der Waals surface area contributed by atoms with Crippen LogP contribution >= 0.6 is 0 Å². The maximum Gasteiger partial charge on any atom is 0.315 e. The third-order valence-electron chi connectivity index (χ3n) is 4.61. The monoisotopic (exact) mass is 349 g/mol. The summed E-state index contributed by atoms with van der Waals surface area (Å²) in [5, 5.41) is 5.77. The summed E-state index contributed by atoms with van der Waals surface area (Å²) < 4.78 is 5.13. The fourth-order valence-corrected chi connectivity index (χ4v) is 3.01. The molecule has 1 heterocycles. The van der Waals surface area contributed by atoms with Crippen LogP contribution in [0.15, 0.2) is 24.3 Å². The first-order chi connectivity index (χ1) is 12.1. The number of carbonyl (C=O) groups excluding carboxylic acids is 2. The number of rotatable bonds is 8. The molecule has 0 unspecified atom stereocenters. The van der Waals surface area contributed by atoms with Crippen molar-refractivity contribution in [2.75, 3.05) is 44.7 Å². The lowest BCUT2D eigenvalue weighted by molar-refractivity contribution is -0.895. The fourth-order valence-electron chi connectivity index (χ4n) is 3.01. The van der Waals surface area contributed by atoms with E-state index in [2.05, 4.69) is 24.5 Å². The van der Waals surface area contributed by atoms with Gasteiger partial charge in [0.05, 0.1) is 39.3 Å². The average Bonchev–Trinajstić information content (AvgIpc) is 2.99. The number of urea groups is 1. The van der Waals surface area contributed by atoms with Gasteiger partial charge in [0.15, 0.2) is 0 Å². The van der Waals surface area contributed by atoms with Gasteiger partial charge in [-0.05, 0) is 38.1 Å². The third-order valence-corrected chi connectivity index (χ3v) is 4.61. The minimum atomic E-state index is -0.207. The lowest BCUT2D eigenvalue weighted by Crippen LogP contribution is -3.12. The molecule has 138 valence electrons. The second-order valence-corrected chi connectivity index (χ2v) is 6.21. The van der Waals surface area contributed by atoms with Gasteiger partial charge in [0, 0.05) is 18.7 Å². The summed E-state index contributed by atoms with van der Waals surface area (Å²) in [6.45, 7) is 8.39. The van der Waals surface area contributed by atoms with E-state index < -0.39 is 0 Å². The molecule has 0 aromatic heterocycles. The van der Waals surface area contributed by atoms with Crippen molar-refractivity contribution in [1.29, 1.82) is 0 Å². The number of ether oxygens (including phenoxy) is 1. The summed E-state index contributed by atoms with van der Waals surface area (Å²) in [6, 6.07) is 6.98. The standard InChI is InChI=1S/C18H28N4O3/c1-4-21(5-2)11-10-19-18(24)20-14-12-17(23)22(13-14)15-6-8-16(25-3)9-7-15/h6-9,14H,4-5,10-13H2,1-3H3,(H2,19,20,24)/p+1/t14-/m0/s1. The summed E-state index contributed by atoms with van der Waals surface area (Å²) >= 11 is 0. The van der Waals surface area contributed by atoms with E-state index in [1.165, 1.54) is 4.90 Å². The number of nitrogens with zero attached hydrogens (tertiary/aromatic N) is 1. The van der Waals surface area contributed by atoms with Gasteiger partial charge in [-0.25, -0.2) is 4.79 Å². The zero-order valence-corrected chi connectivity index (χ0v) is 15.3. The van der Waals surface area contributed by atoms with Crippen LogP contribution in [0.5, 0.6) is 5.75 Å². The fraction of sp³-hybridized carbons (Fsp3) is 0.556. The Balaban J connectivity index is 1.80. The van der Waals surface area contributed by atoms with E-state index in [0.717, 1.165) is 31.1 Å². The van der Waals surface area contributed by atoms with Crippen LogP contribution in [0, 0.1) is 0 Å². The molecule has 2 rings (SSSR count). The molecular weight excluding hydrogens is 320 g/mol. The van der Waals surface area contributed by atoms with Crippen LogP contribution in [0.1, 0.15) is 20.3 Å². The normalized spacial score (nSPS) is 17.0. The summed E-state index contributed by atoms with van der Waals surface area (Å²) in [4.78, 5) is 27.4. The average molecular weight is 349 g/mol. The predicted molar refractivity (Wildman–Crippen MR) is 97.2 cm³/mol. The van der Waals surface area contributed by atoms with E-state index in [1.54, 1.807) is 12.0 Å². The Morgan fingerprint density at radius 1 is 1.28 bits per heavy atom. The molecule has 0 spiro atoms. The van der Waals surface area contributed by atoms with E-state index >= 15 is 0 Å². The van der Waals surface area contributed by atoms with Crippen molar-refractivity contribution in [3.8, 4) is 5.75 Å². The Hall–Kier alpha value is -2.28. The molecule has 1 aromatic carbocycles. The number of methoxy groups -OCH3 is 1. The molecule has 0 bridgehead atoms. The van der Waals surface area contributed by atoms with E-state index in [0.29, 0.717) is 19.5 Å². The van der Waals surface area contributed by atoms with E-state index in [4.69, 9.17) is 4.74 Å². The molecule has 0 saturated carbocycles. The van der Waals surface area contributed by atoms with Crippen LogP contribution in [0.2, 0.25) is 0 Å². The summed E-state index contributed by atoms with van der Waals surface area (Å²) in [5.74, 6) is 0.767. The van der Waals surface area contributed by atoms with Crippen LogP contribution in [0.25, 0.3) is 0 Å². The van der Waals surface area contributed by atoms with Crippen molar-refractivity contribution in [3.63, 3.8) is 0 Å². The number of nitrogens with one attached hydrogen (secondary N) is 3. The first kappa shape index (κ1) is 19.1. The number of hydrogen-bond donors (Lipinski definition) is 3. The second kappa shape index (κ2) is 9.27. The van der Waals surface area contributed by atoms with Gasteiger partial charge in [0.2, 0.25) is 5.91 Å². The molecule has 0 radical (unpaired) electrons. The Bertz CT molecular complexity index is 572. The van der Waals surface area contributed by atoms with Crippen LogP contribution in [-0.4, -0.2) is 57.8 Å². The van der Waals surface area contributed by atoms with Crippen molar-refractivity contribution in [3.05, 3.63) is 24.3 Å². The topological polar surface area (TPSA) is 75.1 Å². The Morgan fingerprint density at radius 2 is 1.96 bits per heavy atom. The SMILES string of the molecule is CC[NH+](CC)CCNC(=O)N[C@H]1CC(=O)N(c2ccc(OC)cc2)C1. The third kappa shape index (κ3) is 5.35. The van der Waals surface area contributed by atoms with Crippen LogP contribution < -0.4 is 25.2 Å². The number of carbonyl (C=O) groups is 2. The van der Waals surface area contributed by atoms with Crippen molar-refractivity contribution < 1.29 is 19.2 Å². The molecule has 0 aliphatic carbocycles. The minimum absolute atomic E-state index is 0.0167. The Morgan fingerprint density at radius 3 is 2.56 bits per heavy atom. The lowest BCUT2D eigenvalue weighted by Gasteiger charge is -2.18.